The predicted molar refractivity (Wildman–Crippen MR) is 106 cm³/mol. The molecule has 0 saturated heterocycles. The Morgan fingerprint density at radius 1 is 1.23 bits per heavy atom. The highest BCUT2D eigenvalue weighted by Crippen LogP contribution is 2.23. The number of thioether (sulfide) groups is 1. The van der Waals surface area contributed by atoms with E-state index in [9.17, 15) is 4.79 Å². The van der Waals surface area contributed by atoms with E-state index >= 15 is 0 Å². The van der Waals surface area contributed by atoms with Crippen LogP contribution in [0.5, 0.6) is 0 Å². The molecule has 0 unspecified atom stereocenters. The monoisotopic (exact) mass is 404 g/mol. The van der Waals surface area contributed by atoms with Gasteiger partial charge >= 0.3 is 0 Å². The maximum Gasteiger partial charge on any atom is 0.272 e. The average Bonchev–Trinajstić information content (AvgIpc) is 3.39. The van der Waals surface area contributed by atoms with Crippen molar-refractivity contribution in [3.8, 4) is 10.7 Å². The molecule has 0 aliphatic carbocycles. The van der Waals surface area contributed by atoms with E-state index in [0.29, 0.717) is 24.7 Å². The molecule has 0 spiro atoms. The van der Waals surface area contributed by atoms with Crippen LogP contribution in [-0.4, -0.2) is 25.4 Å². The van der Waals surface area contributed by atoms with Crippen molar-refractivity contribution in [1.82, 2.24) is 19.7 Å². The maximum atomic E-state index is 12.5. The van der Waals surface area contributed by atoms with Crippen LogP contribution in [0.15, 0.2) is 43.4 Å². The topological polar surface area (TPSA) is 73.8 Å². The van der Waals surface area contributed by atoms with E-state index in [-0.39, 0.29) is 5.56 Å². The molecule has 4 aromatic heterocycles. The summed E-state index contributed by atoms with van der Waals surface area (Å²) in [6, 6.07) is 5.85. The molecule has 4 aromatic rings. The number of aromatic nitrogens is 4. The van der Waals surface area contributed by atoms with Crippen LogP contribution in [0.3, 0.4) is 0 Å². The van der Waals surface area contributed by atoms with Gasteiger partial charge in [0.1, 0.15) is 4.70 Å². The molecule has 0 aliphatic rings. The summed E-state index contributed by atoms with van der Waals surface area (Å²) in [4.78, 5) is 22.6. The normalized spacial score (nSPS) is 11.4. The Balaban J connectivity index is 1.39. The zero-order valence-corrected chi connectivity index (χ0v) is 16.5. The van der Waals surface area contributed by atoms with E-state index < -0.39 is 0 Å². The van der Waals surface area contributed by atoms with E-state index in [2.05, 4.69) is 15.1 Å². The summed E-state index contributed by atoms with van der Waals surface area (Å²) in [6.07, 6.45) is 1.58. The van der Waals surface area contributed by atoms with Crippen LogP contribution in [0.2, 0.25) is 0 Å². The molecular formula is C17H16N4O2S3. The fourth-order valence-corrected chi connectivity index (χ4v) is 4.99. The summed E-state index contributed by atoms with van der Waals surface area (Å²) in [5, 5.41) is 8.70. The van der Waals surface area contributed by atoms with Crippen LogP contribution >= 0.6 is 34.4 Å². The molecule has 9 heteroatoms. The molecule has 0 radical (unpaired) electrons. The molecule has 0 fully saturated rings. The molecule has 0 N–H and O–H groups in total. The molecule has 0 aliphatic heterocycles. The van der Waals surface area contributed by atoms with Crippen molar-refractivity contribution >= 4 is 44.7 Å². The lowest BCUT2D eigenvalue weighted by Crippen LogP contribution is -2.21. The van der Waals surface area contributed by atoms with Crippen LogP contribution in [-0.2, 0) is 13.0 Å². The number of hydrogen-bond acceptors (Lipinski definition) is 8. The molecule has 4 heterocycles. The van der Waals surface area contributed by atoms with Gasteiger partial charge in [-0.3, -0.25) is 9.36 Å². The first-order valence-corrected chi connectivity index (χ1v) is 11.0. The zero-order chi connectivity index (χ0) is 17.9. The smallest absolute Gasteiger partial charge is 0.272 e. The molecule has 0 aromatic carbocycles. The molecule has 4 rings (SSSR count). The molecule has 0 atom stereocenters. The number of hydrogen-bond donors (Lipinski definition) is 0. The molecule has 0 amide bonds. The summed E-state index contributed by atoms with van der Waals surface area (Å²) < 4.78 is 7.79. The van der Waals surface area contributed by atoms with E-state index in [4.69, 9.17) is 4.52 Å². The zero-order valence-electron chi connectivity index (χ0n) is 14.0. The highest BCUT2D eigenvalue weighted by Gasteiger charge is 2.12. The maximum absolute atomic E-state index is 12.5. The fourth-order valence-electron chi connectivity index (χ4n) is 2.56. The SMILES string of the molecule is CCn1c(SCCCc2nc(-c3cccs3)no2)nc2ccsc2c1=O. The molecular weight excluding hydrogens is 388 g/mol. The first kappa shape index (κ1) is 17.4. The van der Waals surface area contributed by atoms with Gasteiger partial charge in [-0.1, -0.05) is 23.0 Å². The Hall–Kier alpha value is -1.97. The standard InChI is InChI=1S/C17H16N4O2S3/c1-2-21-16(22)14-11(7-10-25-14)18-17(21)26-9-4-6-13-19-15(20-23-13)12-5-3-8-24-12/h3,5,7-8,10H,2,4,6,9H2,1H3. The van der Waals surface area contributed by atoms with Gasteiger partial charge in [0.2, 0.25) is 11.7 Å². The number of aryl methyl sites for hydroxylation is 1. The minimum atomic E-state index is 0.0486. The summed E-state index contributed by atoms with van der Waals surface area (Å²) in [5.41, 5.74) is 0.831. The second-order valence-corrected chi connectivity index (χ2v) is 8.45. The lowest BCUT2D eigenvalue weighted by atomic mass is 10.3. The molecule has 0 saturated carbocycles. The van der Waals surface area contributed by atoms with Crippen molar-refractivity contribution in [2.75, 3.05) is 5.75 Å². The van der Waals surface area contributed by atoms with Gasteiger partial charge in [-0.2, -0.15) is 4.98 Å². The van der Waals surface area contributed by atoms with Crippen LogP contribution in [0.25, 0.3) is 20.9 Å². The fraction of sp³-hybridized carbons (Fsp3) is 0.294. The third kappa shape index (κ3) is 3.46. The summed E-state index contributed by atoms with van der Waals surface area (Å²) in [6.45, 7) is 2.59. The lowest BCUT2D eigenvalue weighted by Gasteiger charge is -2.09. The molecule has 0 bridgehead atoms. The largest absolute Gasteiger partial charge is 0.339 e. The van der Waals surface area contributed by atoms with Crippen molar-refractivity contribution in [1.29, 1.82) is 0 Å². The number of thiophene rings is 2. The van der Waals surface area contributed by atoms with E-state index in [0.717, 1.165) is 32.4 Å². The van der Waals surface area contributed by atoms with Gasteiger partial charge in [-0.15, -0.1) is 22.7 Å². The van der Waals surface area contributed by atoms with E-state index in [1.54, 1.807) is 27.7 Å². The first-order chi connectivity index (χ1) is 12.8. The Morgan fingerprint density at radius 3 is 2.96 bits per heavy atom. The van der Waals surface area contributed by atoms with Crippen LogP contribution in [0.4, 0.5) is 0 Å². The van der Waals surface area contributed by atoms with Gasteiger partial charge in [0.05, 0.1) is 10.4 Å². The molecule has 6 nitrogen and oxygen atoms in total. The third-order valence-corrected chi connectivity index (χ3v) is 6.64. The molecule has 26 heavy (non-hydrogen) atoms. The summed E-state index contributed by atoms with van der Waals surface area (Å²) >= 11 is 4.64. The first-order valence-electron chi connectivity index (χ1n) is 8.23. The second-order valence-electron chi connectivity index (χ2n) is 5.52. The van der Waals surface area contributed by atoms with E-state index in [1.165, 1.54) is 11.3 Å². The highest BCUT2D eigenvalue weighted by molar-refractivity contribution is 7.99. The Labute approximate surface area is 161 Å². The van der Waals surface area contributed by atoms with Crippen molar-refractivity contribution in [2.45, 2.75) is 31.5 Å². The minimum Gasteiger partial charge on any atom is -0.339 e. The molecule has 134 valence electrons. The summed E-state index contributed by atoms with van der Waals surface area (Å²) in [5.74, 6) is 2.12. The van der Waals surface area contributed by atoms with Gasteiger partial charge in [0.15, 0.2) is 5.16 Å². The van der Waals surface area contributed by atoms with E-state index in [1.807, 2.05) is 35.9 Å². The van der Waals surface area contributed by atoms with Gasteiger partial charge in [-0.25, -0.2) is 4.98 Å². The lowest BCUT2D eigenvalue weighted by molar-refractivity contribution is 0.378. The highest BCUT2D eigenvalue weighted by atomic mass is 32.2. The van der Waals surface area contributed by atoms with Gasteiger partial charge in [0.25, 0.3) is 5.56 Å². The summed E-state index contributed by atoms with van der Waals surface area (Å²) in [7, 11) is 0. The van der Waals surface area contributed by atoms with Crippen molar-refractivity contribution in [3.05, 3.63) is 45.2 Å². The number of fused-ring (bicyclic) bond motifs is 1. The van der Waals surface area contributed by atoms with Gasteiger partial charge in [0, 0.05) is 18.7 Å². The third-order valence-electron chi connectivity index (χ3n) is 3.82. The predicted octanol–water partition coefficient (Wildman–Crippen LogP) is 4.31. The second kappa shape index (κ2) is 7.73. The Kier molecular flexibility index (Phi) is 5.18. The Bertz CT molecular complexity index is 1070. The Morgan fingerprint density at radius 2 is 2.15 bits per heavy atom. The minimum absolute atomic E-state index is 0.0486. The average molecular weight is 405 g/mol. The van der Waals surface area contributed by atoms with Crippen molar-refractivity contribution < 1.29 is 4.52 Å². The quantitative estimate of drug-likeness (QED) is 0.259. The van der Waals surface area contributed by atoms with Gasteiger partial charge < -0.3 is 4.52 Å². The van der Waals surface area contributed by atoms with Crippen LogP contribution < -0.4 is 5.56 Å². The van der Waals surface area contributed by atoms with Crippen molar-refractivity contribution in [3.63, 3.8) is 0 Å². The number of rotatable bonds is 7. The van der Waals surface area contributed by atoms with Crippen LogP contribution in [0, 0.1) is 0 Å². The van der Waals surface area contributed by atoms with Gasteiger partial charge in [-0.05, 0) is 36.2 Å². The van der Waals surface area contributed by atoms with Crippen molar-refractivity contribution in [2.24, 2.45) is 0 Å². The van der Waals surface area contributed by atoms with Crippen LogP contribution in [0.1, 0.15) is 19.2 Å². The number of nitrogens with zero attached hydrogens (tertiary/aromatic N) is 4.